The number of aryl methyl sites for hydroxylation is 3. The number of fused-ring (bicyclic) bond motifs is 12. The second kappa shape index (κ2) is 16.5. The van der Waals surface area contributed by atoms with E-state index in [1.54, 1.807) is 0 Å². The zero-order chi connectivity index (χ0) is 46.0. The smallest absolute Gasteiger partial charge is 0.0725 e. The fraction of sp³-hybridized carbons (Fsp3) is 0.164. The summed E-state index contributed by atoms with van der Waals surface area (Å²) < 4.78 is 0. The van der Waals surface area contributed by atoms with Gasteiger partial charge in [-0.3, -0.25) is 0 Å². The molecule has 324 valence electrons. The molecule has 0 aromatic heterocycles. The van der Waals surface area contributed by atoms with Crippen molar-refractivity contribution in [3.05, 3.63) is 255 Å². The van der Waals surface area contributed by atoms with Crippen LogP contribution in [0.25, 0.3) is 60.9 Å². The molecule has 0 unspecified atom stereocenters. The van der Waals surface area contributed by atoms with Gasteiger partial charge in [0.1, 0.15) is 0 Å². The molecular weight excluding hydrogens is 805 g/mol. The highest BCUT2D eigenvalue weighted by Gasteiger charge is 2.51. The molecule has 0 N–H and O–H groups in total. The maximum absolute atomic E-state index is 5.58. The average Bonchev–Trinajstić information content (AvgIpc) is 3.87. The molecule has 1 spiro atoms. The number of allylic oxidation sites excluding steroid dienone is 2. The molecule has 9 aromatic rings. The minimum Gasteiger partial charge on any atom is -0.120 e. The SMILES string of the molecule is C#CCCC1=C(C)c2ccc(-c3ccc(Cc4ccc(-c5cccc6ccccc56)cc4)cc3)cc2C1(C)C.Cc1ccc2c(c1)C1(c3ccccc3-2)c2cc(C)ccc2-c2ccc(C)cc21. The summed E-state index contributed by atoms with van der Waals surface area (Å²) in [6, 6.07) is 70.2. The number of hydrogen-bond donors (Lipinski definition) is 0. The van der Waals surface area contributed by atoms with Crippen LogP contribution in [0.3, 0.4) is 0 Å². The Labute approximate surface area is 397 Å². The first-order valence-electron chi connectivity index (χ1n) is 23.9. The molecule has 0 saturated heterocycles. The van der Waals surface area contributed by atoms with E-state index in [2.05, 4.69) is 236 Å². The van der Waals surface area contributed by atoms with Gasteiger partial charge in [-0.05, 0) is 152 Å². The van der Waals surface area contributed by atoms with Crippen LogP contribution in [0, 0.1) is 33.1 Å². The van der Waals surface area contributed by atoms with Crippen LogP contribution in [0.5, 0.6) is 0 Å². The lowest BCUT2D eigenvalue weighted by Gasteiger charge is -2.31. The van der Waals surface area contributed by atoms with Gasteiger partial charge in [-0.15, -0.1) is 12.3 Å². The van der Waals surface area contributed by atoms with Crippen molar-refractivity contribution >= 4 is 16.3 Å². The van der Waals surface area contributed by atoms with Gasteiger partial charge >= 0.3 is 0 Å². The molecule has 0 bridgehead atoms. The normalized spacial score (nSPS) is 14.2. The van der Waals surface area contributed by atoms with Crippen LogP contribution < -0.4 is 0 Å². The van der Waals surface area contributed by atoms with Crippen LogP contribution in [-0.4, -0.2) is 0 Å². The molecule has 0 amide bonds. The van der Waals surface area contributed by atoms with E-state index >= 15 is 0 Å². The van der Waals surface area contributed by atoms with Crippen molar-refractivity contribution in [2.45, 2.75) is 71.6 Å². The Balaban J connectivity index is 0.000000155. The van der Waals surface area contributed by atoms with Crippen molar-refractivity contribution in [1.29, 1.82) is 0 Å². The molecule has 67 heavy (non-hydrogen) atoms. The summed E-state index contributed by atoms with van der Waals surface area (Å²) >= 11 is 0. The number of terminal acetylenes is 1. The van der Waals surface area contributed by atoms with Gasteiger partial charge in [0.2, 0.25) is 0 Å². The van der Waals surface area contributed by atoms with E-state index in [0.717, 1.165) is 19.3 Å². The Morgan fingerprint density at radius 3 is 1.52 bits per heavy atom. The summed E-state index contributed by atoms with van der Waals surface area (Å²) in [4.78, 5) is 0. The fourth-order valence-corrected chi connectivity index (χ4v) is 11.9. The van der Waals surface area contributed by atoms with Gasteiger partial charge in [-0.1, -0.05) is 218 Å². The predicted molar refractivity (Wildman–Crippen MR) is 285 cm³/mol. The Morgan fingerprint density at radius 2 is 0.910 bits per heavy atom. The second-order valence-electron chi connectivity index (χ2n) is 19.7. The topological polar surface area (TPSA) is 0 Å². The van der Waals surface area contributed by atoms with E-state index in [0.29, 0.717) is 0 Å². The number of hydrogen-bond acceptors (Lipinski definition) is 0. The van der Waals surface area contributed by atoms with E-state index in [-0.39, 0.29) is 10.8 Å². The lowest BCUT2D eigenvalue weighted by atomic mass is 9.70. The van der Waals surface area contributed by atoms with Gasteiger partial charge in [-0.2, -0.15) is 0 Å². The number of benzene rings is 9. The minimum absolute atomic E-state index is 0.0183. The van der Waals surface area contributed by atoms with Crippen molar-refractivity contribution in [3.8, 4) is 56.9 Å². The third-order valence-electron chi connectivity index (χ3n) is 15.2. The minimum atomic E-state index is -0.208. The maximum Gasteiger partial charge on any atom is 0.0725 e. The molecule has 0 fully saturated rings. The average molecular weight is 861 g/mol. The summed E-state index contributed by atoms with van der Waals surface area (Å²) in [5.41, 5.74) is 28.4. The molecule has 0 atom stereocenters. The van der Waals surface area contributed by atoms with E-state index in [4.69, 9.17) is 6.42 Å². The van der Waals surface area contributed by atoms with Crippen LogP contribution in [0.4, 0.5) is 0 Å². The maximum atomic E-state index is 5.58. The third kappa shape index (κ3) is 6.91. The second-order valence-corrected chi connectivity index (χ2v) is 19.7. The lowest BCUT2D eigenvalue weighted by molar-refractivity contribution is 0.610. The quantitative estimate of drug-likeness (QED) is 0.146. The number of rotatable bonds is 6. The van der Waals surface area contributed by atoms with Crippen molar-refractivity contribution in [1.82, 2.24) is 0 Å². The first-order valence-corrected chi connectivity index (χ1v) is 23.9. The molecule has 0 radical (unpaired) electrons. The van der Waals surface area contributed by atoms with Crippen LogP contribution >= 0.6 is 0 Å². The summed E-state index contributed by atoms with van der Waals surface area (Å²) in [5, 5.41) is 2.58. The van der Waals surface area contributed by atoms with Gasteiger partial charge in [0.05, 0.1) is 5.41 Å². The summed E-state index contributed by atoms with van der Waals surface area (Å²) in [5.74, 6) is 2.82. The molecule has 0 saturated carbocycles. The molecule has 12 rings (SSSR count). The Kier molecular flexibility index (Phi) is 10.4. The Bertz CT molecular complexity index is 3410. The first-order chi connectivity index (χ1) is 32.6. The molecule has 0 heterocycles. The molecular formula is C67H56. The molecule has 3 aliphatic rings. The Hall–Kier alpha value is -7.46. The first kappa shape index (κ1) is 42.2. The van der Waals surface area contributed by atoms with Gasteiger partial charge < -0.3 is 0 Å². The van der Waals surface area contributed by atoms with Crippen LogP contribution in [0.1, 0.15) is 94.8 Å². The molecule has 0 heteroatoms. The summed E-state index contributed by atoms with van der Waals surface area (Å²) in [7, 11) is 0. The Morgan fingerprint density at radius 1 is 0.418 bits per heavy atom. The van der Waals surface area contributed by atoms with Gasteiger partial charge in [0.25, 0.3) is 0 Å². The fourth-order valence-electron chi connectivity index (χ4n) is 11.9. The van der Waals surface area contributed by atoms with E-state index < -0.39 is 0 Å². The summed E-state index contributed by atoms with van der Waals surface area (Å²) in [6.07, 6.45) is 8.27. The molecule has 0 aliphatic heterocycles. The predicted octanol–water partition coefficient (Wildman–Crippen LogP) is 17.2. The molecule has 0 nitrogen and oxygen atoms in total. The van der Waals surface area contributed by atoms with E-state index in [9.17, 15) is 0 Å². The van der Waals surface area contributed by atoms with Gasteiger partial charge in [-0.25, -0.2) is 0 Å². The molecule has 9 aromatic carbocycles. The van der Waals surface area contributed by atoms with Gasteiger partial charge in [0, 0.05) is 11.8 Å². The van der Waals surface area contributed by atoms with Crippen molar-refractivity contribution in [2.24, 2.45) is 0 Å². The monoisotopic (exact) mass is 860 g/mol. The third-order valence-corrected chi connectivity index (χ3v) is 15.2. The van der Waals surface area contributed by atoms with E-state index in [1.807, 2.05) is 0 Å². The van der Waals surface area contributed by atoms with Gasteiger partial charge in [0.15, 0.2) is 0 Å². The largest absolute Gasteiger partial charge is 0.120 e. The zero-order valence-electron chi connectivity index (χ0n) is 39.6. The lowest BCUT2D eigenvalue weighted by Crippen LogP contribution is -2.26. The van der Waals surface area contributed by atoms with Crippen LogP contribution in [0.15, 0.2) is 194 Å². The molecule has 3 aliphatic carbocycles. The summed E-state index contributed by atoms with van der Waals surface area (Å²) in [6.45, 7) is 13.6. The van der Waals surface area contributed by atoms with Crippen LogP contribution in [-0.2, 0) is 17.3 Å². The standard InChI is InChI=1S/C39H34.C28H22/c1-5-6-14-37-27(2)34-24-23-33(26-38(34)39(37,3)4)30-19-15-28(16-20-30)25-29-17-21-32(22-18-29)36-13-9-11-31-10-7-8-12-35(31)36;1-17-8-11-21-20-6-4-5-7-24(20)28(25(21)14-17)26-15-18(2)9-12-22(26)23-13-10-19(3)16-27(23)28/h1,7-13,15-24,26H,6,14,25H2,2-4H3;4-16H,1-3H3. The highest BCUT2D eigenvalue weighted by atomic mass is 14.5. The van der Waals surface area contributed by atoms with Crippen molar-refractivity contribution < 1.29 is 0 Å². The van der Waals surface area contributed by atoms with Crippen molar-refractivity contribution in [3.63, 3.8) is 0 Å². The van der Waals surface area contributed by atoms with Crippen molar-refractivity contribution in [2.75, 3.05) is 0 Å². The zero-order valence-corrected chi connectivity index (χ0v) is 39.6. The van der Waals surface area contributed by atoms with E-state index in [1.165, 1.54) is 128 Å². The highest BCUT2D eigenvalue weighted by molar-refractivity contribution is 5.97. The highest BCUT2D eigenvalue weighted by Crippen LogP contribution is 2.63. The van der Waals surface area contributed by atoms with Crippen LogP contribution in [0.2, 0.25) is 0 Å².